The van der Waals surface area contributed by atoms with Crippen molar-refractivity contribution < 1.29 is 13.2 Å². The van der Waals surface area contributed by atoms with Crippen LogP contribution in [0.3, 0.4) is 0 Å². The maximum Gasteiger partial charge on any atom is 0.261 e. The molecule has 3 rings (SSSR count). The van der Waals surface area contributed by atoms with Crippen molar-refractivity contribution in [1.29, 1.82) is 0 Å². The van der Waals surface area contributed by atoms with Crippen molar-refractivity contribution in [1.82, 2.24) is 4.90 Å². The molecule has 1 heterocycles. The first-order valence-corrected chi connectivity index (χ1v) is 10.5. The number of hydrogen-bond acceptors (Lipinski definition) is 4. The molecule has 0 atom stereocenters. The summed E-state index contributed by atoms with van der Waals surface area (Å²) in [6.07, 6.45) is 2.49. The molecule has 0 spiro atoms. The standard InChI is InChI=1S/C19H23ClN2O3S/c1-15-4-7-17(8-5-15)26(23,24)21-16-6-9-19(18(20)14-16)25-13-12-22-10-2-3-11-22/h4-9,14,21H,2-3,10-13H2,1H3. The van der Waals surface area contributed by atoms with Gasteiger partial charge < -0.3 is 4.74 Å². The number of sulfonamides is 1. The van der Waals surface area contributed by atoms with E-state index in [2.05, 4.69) is 9.62 Å². The van der Waals surface area contributed by atoms with Crippen LogP contribution in [0, 0.1) is 6.92 Å². The maximum atomic E-state index is 12.4. The SMILES string of the molecule is Cc1ccc(S(=O)(=O)Nc2ccc(OCCN3CCCC3)c(Cl)c2)cc1. The average molecular weight is 395 g/mol. The van der Waals surface area contributed by atoms with Crippen LogP contribution in [0.1, 0.15) is 18.4 Å². The molecule has 7 heteroatoms. The van der Waals surface area contributed by atoms with Crippen molar-refractivity contribution in [2.24, 2.45) is 0 Å². The van der Waals surface area contributed by atoms with E-state index in [0.29, 0.717) is 23.1 Å². The molecule has 0 saturated carbocycles. The summed E-state index contributed by atoms with van der Waals surface area (Å²) in [5.41, 5.74) is 1.41. The lowest BCUT2D eigenvalue weighted by Gasteiger charge is -2.16. The number of anilines is 1. The number of nitrogens with one attached hydrogen (secondary N) is 1. The van der Waals surface area contributed by atoms with E-state index in [4.69, 9.17) is 16.3 Å². The molecule has 1 N–H and O–H groups in total. The zero-order valence-corrected chi connectivity index (χ0v) is 16.3. The summed E-state index contributed by atoms with van der Waals surface area (Å²) < 4.78 is 33.2. The number of hydrogen-bond donors (Lipinski definition) is 1. The van der Waals surface area contributed by atoms with Crippen LogP contribution in [0.2, 0.25) is 5.02 Å². The lowest BCUT2D eigenvalue weighted by Crippen LogP contribution is -2.25. The largest absolute Gasteiger partial charge is 0.491 e. The molecule has 2 aromatic carbocycles. The summed E-state index contributed by atoms with van der Waals surface area (Å²) in [6, 6.07) is 11.6. The zero-order valence-electron chi connectivity index (χ0n) is 14.7. The molecule has 140 valence electrons. The Morgan fingerprint density at radius 3 is 2.46 bits per heavy atom. The normalized spacial score (nSPS) is 15.2. The molecule has 0 radical (unpaired) electrons. The summed E-state index contributed by atoms with van der Waals surface area (Å²) in [5, 5.41) is 0.385. The van der Waals surface area contributed by atoms with E-state index in [1.165, 1.54) is 12.8 Å². The Balaban J connectivity index is 1.62. The van der Waals surface area contributed by atoms with E-state index >= 15 is 0 Å². The van der Waals surface area contributed by atoms with Gasteiger partial charge in [0.15, 0.2) is 0 Å². The van der Waals surface area contributed by atoms with Gasteiger partial charge in [-0.05, 0) is 63.2 Å². The fourth-order valence-corrected chi connectivity index (χ4v) is 4.19. The topological polar surface area (TPSA) is 58.6 Å². The number of nitrogens with zero attached hydrogens (tertiary/aromatic N) is 1. The Morgan fingerprint density at radius 1 is 1.12 bits per heavy atom. The van der Waals surface area contributed by atoms with Gasteiger partial charge >= 0.3 is 0 Å². The summed E-state index contributed by atoms with van der Waals surface area (Å²) in [7, 11) is -3.64. The van der Waals surface area contributed by atoms with Gasteiger partial charge in [0, 0.05) is 6.54 Å². The molecule has 0 bridgehead atoms. The number of ether oxygens (including phenoxy) is 1. The number of likely N-dealkylation sites (tertiary alicyclic amines) is 1. The van der Waals surface area contributed by atoms with Crippen molar-refractivity contribution >= 4 is 27.3 Å². The molecule has 2 aromatic rings. The minimum Gasteiger partial charge on any atom is -0.491 e. The van der Waals surface area contributed by atoms with E-state index in [0.717, 1.165) is 25.2 Å². The summed E-state index contributed by atoms with van der Waals surface area (Å²) in [6.45, 7) is 5.59. The molecule has 0 aliphatic carbocycles. The van der Waals surface area contributed by atoms with Gasteiger partial charge in [0.1, 0.15) is 12.4 Å². The highest BCUT2D eigenvalue weighted by Crippen LogP contribution is 2.29. The second-order valence-corrected chi connectivity index (χ2v) is 8.55. The highest BCUT2D eigenvalue weighted by molar-refractivity contribution is 7.92. The van der Waals surface area contributed by atoms with Crippen LogP contribution >= 0.6 is 11.6 Å². The van der Waals surface area contributed by atoms with Crippen LogP contribution in [-0.2, 0) is 10.0 Å². The second kappa shape index (κ2) is 8.29. The smallest absolute Gasteiger partial charge is 0.261 e. The van der Waals surface area contributed by atoms with Crippen LogP contribution < -0.4 is 9.46 Å². The molecule has 1 aliphatic rings. The van der Waals surface area contributed by atoms with E-state index in [9.17, 15) is 8.42 Å². The van der Waals surface area contributed by atoms with Gasteiger partial charge in [-0.25, -0.2) is 8.42 Å². The Hall–Kier alpha value is -1.76. The van der Waals surface area contributed by atoms with Crippen LogP contribution in [0.5, 0.6) is 5.75 Å². The number of halogens is 1. The highest BCUT2D eigenvalue weighted by Gasteiger charge is 2.15. The molecule has 0 amide bonds. The monoisotopic (exact) mass is 394 g/mol. The second-order valence-electron chi connectivity index (χ2n) is 6.46. The molecule has 1 saturated heterocycles. The Bertz CT molecular complexity index is 848. The Kier molecular flexibility index (Phi) is 6.06. The maximum absolute atomic E-state index is 12.4. The summed E-state index contributed by atoms with van der Waals surface area (Å²) >= 11 is 6.25. The minimum absolute atomic E-state index is 0.213. The third kappa shape index (κ3) is 4.90. The van der Waals surface area contributed by atoms with Crippen LogP contribution in [-0.4, -0.2) is 39.6 Å². The molecular formula is C19H23ClN2O3S. The third-order valence-electron chi connectivity index (χ3n) is 4.38. The first-order valence-electron chi connectivity index (χ1n) is 8.68. The van der Waals surface area contributed by atoms with Gasteiger partial charge in [-0.2, -0.15) is 0 Å². The highest BCUT2D eigenvalue weighted by atomic mass is 35.5. The van der Waals surface area contributed by atoms with Crippen LogP contribution in [0.25, 0.3) is 0 Å². The van der Waals surface area contributed by atoms with Crippen molar-refractivity contribution in [3.05, 3.63) is 53.1 Å². The predicted molar refractivity (Wildman–Crippen MR) is 105 cm³/mol. The molecule has 1 fully saturated rings. The van der Waals surface area contributed by atoms with Gasteiger partial charge in [-0.1, -0.05) is 29.3 Å². The molecule has 1 aliphatic heterocycles. The minimum atomic E-state index is -3.64. The van der Waals surface area contributed by atoms with Gasteiger partial charge in [-0.15, -0.1) is 0 Å². The fourth-order valence-electron chi connectivity index (χ4n) is 2.90. The quantitative estimate of drug-likeness (QED) is 0.773. The first kappa shape index (κ1) is 19.0. The summed E-state index contributed by atoms with van der Waals surface area (Å²) in [5.74, 6) is 0.559. The fraction of sp³-hybridized carbons (Fsp3) is 0.368. The van der Waals surface area contributed by atoms with E-state index in [-0.39, 0.29) is 4.90 Å². The van der Waals surface area contributed by atoms with Crippen molar-refractivity contribution in [3.63, 3.8) is 0 Å². The molecular weight excluding hydrogens is 372 g/mol. The molecule has 5 nitrogen and oxygen atoms in total. The van der Waals surface area contributed by atoms with Crippen LogP contribution in [0.15, 0.2) is 47.4 Å². The van der Waals surface area contributed by atoms with Crippen LogP contribution in [0.4, 0.5) is 5.69 Å². The third-order valence-corrected chi connectivity index (χ3v) is 6.07. The number of rotatable bonds is 7. The molecule has 26 heavy (non-hydrogen) atoms. The lowest BCUT2D eigenvalue weighted by molar-refractivity contribution is 0.238. The van der Waals surface area contributed by atoms with E-state index in [1.54, 1.807) is 42.5 Å². The average Bonchev–Trinajstić information content (AvgIpc) is 3.10. The van der Waals surface area contributed by atoms with Gasteiger partial charge in [0.05, 0.1) is 15.6 Å². The lowest BCUT2D eigenvalue weighted by atomic mass is 10.2. The first-order chi connectivity index (χ1) is 12.4. The van der Waals surface area contributed by atoms with Gasteiger partial charge in [0.2, 0.25) is 0 Å². The Labute approximate surface area is 160 Å². The number of benzene rings is 2. The zero-order chi connectivity index (χ0) is 18.6. The van der Waals surface area contributed by atoms with Crippen molar-refractivity contribution in [3.8, 4) is 5.75 Å². The molecule has 0 aromatic heterocycles. The van der Waals surface area contributed by atoms with Gasteiger partial charge in [-0.3, -0.25) is 9.62 Å². The van der Waals surface area contributed by atoms with E-state index < -0.39 is 10.0 Å². The van der Waals surface area contributed by atoms with E-state index in [1.807, 2.05) is 6.92 Å². The van der Waals surface area contributed by atoms with Crippen molar-refractivity contribution in [2.45, 2.75) is 24.7 Å². The molecule has 0 unspecified atom stereocenters. The summed E-state index contributed by atoms with van der Waals surface area (Å²) in [4.78, 5) is 2.57. The van der Waals surface area contributed by atoms with Crippen molar-refractivity contribution in [2.75, 3.05) is 31.0 Å². The van der Waals surface area contributed by atoms with Gasteiger partial charge in [0.25, 0.3) is 10.0 Å². The predicted octanol–water partition coefficient (Wildman–Crippen LogP) is 3.92. The number of aryl methyl sites for hydroxylation is 1. The Morgan fingerprint density at radius 2 is 1.81 bits per heavy atom.